The highest BCUT2D eigenvalue weighted by atomic mass is 32.2. The van der Waals surface area contributed by atoms with Crippen LogP contribution in [0.1, 0.15) is 5.56 Å². The molecule has 8 nitrogen and oxygen atoms in total. The molecule has 10 heteroatoms. The lowest BCUT2D eigenvalue weighted by Crippen LogP contribution is -2.23. The molecule has 2 aromatic carbocycles. The molecule has 4 rings (SSSR count). The van der Waals surface area contributed by atoms with Crippen molar-refractivity contribution in [3.63, 3.8) is 0 Å². The van der Waals surface area contributed by atoms with Gasteiger partial charge in [-0.15, -0.1) is 0 Å². The minimum Gasteiger partial charge on any atom is -0.439 e. The summed E-state index contributed by atoms with van der Waals surface area (Å²) in [5.74, 6) is -0.443. The first-order chi connectivity index (χ1) is 14.3. The number of benzene rings is 2. The number of aromatic nitrogens is 2. The molecule has 30 heavy (non-hydrogen) atoms. The molecule has 0 saturated heterocycles. The highest BCUT2D eigenvalue weighted by Crippen LogP contribution is 2.21. The SMILES string of the molecule is Cn1c(=O)oc2cc(S(=O)(=O)NCc3ccc(Oc4cccc(F)c4)nc3)ccc21. The summed E-state index contributed by atoms with van der Waals surface area (Å²) in [4.78, 5) is 15.6. The van der Waals surface area contributed by atoms with Gasteiger partial charge in [0.1, 0.15) is 11.6 Å². The molecule has 0 aliphatic heterocycles. The van der Waals surface area contributed by atoms with Crippen LogP contribution in [-0.2, 0) is 23.6 Å². The van der Waals surface area contributed by atoms with Crippen LogP contribution in [0.4, 0.5) is 4.39 Å². The fourth-order valence-electron chi connectivity index (χ4n) is 2.77. The summed E-state index contributed by atoms with van der Waals surface area (Å²) < 4.78 is 52.6. The molecule has 0 saturated carbocycles. The number of nitrogens with zero attached hydrogens (tertiary/aromatic N) is 2. The van der Waals surface area contributed by atoms with E-state index in [2.05, 4.69) is 9.71 Å². The third-order valence-corrected chi connectivity index (χ3v) is 5.76. The Labute approximate surface area is 170 Å². The molecule has 0 aliphatic carbocycles. The summed E-state index contributed by atoms with van der Waals surface area (Å²) in [6, 6.07) is 13.1. The molecular formula is C20H16FN3O5S. The van der Waals surface area contributed by atoms with Gasteiger partial charge in [0, 0.05) is 38.0 Å². The van der Waals surface area contributed by atoms with Gasteiger partial charge in [-0.05, 0) is 29.8 Å². The third kappa shape index (κ3) is 4.09. The largest absolute Gasteiger partial charge is 0.439 e. The number of aryl methyl sites for hydroxylation is 1. The van der Waals surface area contributed by atoms with Crippen LogP contribution in [-0.4, -0.2) is 18.0 Å². The van der Waals surface area contributed by atoms with Crippen molar-refractivity contribution in [2.75, 3.05) is 0 Å². The van der Waals surface area contributed by atoms with Crippen molar-refractivity contribution in [3.8, 4) is 11.6 Å². The first kappa shape index (κ1) is 19.8. The molecule has 0 bridgehead atoms. The lowest BCUT2D eigenvalue weighted by Gasteiger charge is -2.08. The maximum atomic E-state index is 13.2. The van der Waals surface area contributed by atoms with Crippen LogP contribution in [0.2, 0.25) is 0 Å². The summed E-state index contributed by atoms with van der Waals surface area (Å²) in [6.07, 6.45) is 1.45. The van der Waals surface area contributed by atoms with Crippen LogP contribution in [0, 0.1) is 5.82 Å². The van der Waals surface area contributed by atoms with Crippen LogP contribution >= 0.6 is 0 Å². The fourth-order valence-corrected chi connectivity index (χ4v) is 3.80. The van der Waals surface area contributed by atoms with E-state index in [0.29, 0.717) is 16.8 Å². The van der Waals surface area contributed by atoms with Gasteiger partial charge in [0.2, 0.25) is 15.9 Å². The Morgan fingerprint density at radius 2 is 2.00 bits per heavy atom. The Kier molecular flexibility index (Phi) is 5.10. The number of ether oxygens (including phenoxy) is 1. The van der Waals surface area contributed by atoms with Crippen molar-refractivity contribution in [2.24, 2.45) is 7.05 Å². The van der Waals surface area contributed by atoms with E-state index < -0.39 is 21.6 Å². The van der Waals surface area contributed by atoms with Crippen LogP contribution < -0.4 is 15.2 Å². The molecule has 0 unspecified atom stereocenters. The van der Waals surface area contributed by atoms with Crippen molar-refractivity contribution >= 4 is 21.1 Å². The molecule has 2 aromatic heterocycles. The average Bonchev–Trinajstić information content (AvgIpc) is 3.01. The van der Waals surface area contributed by atoms with Gasteiger partial charge in [0.15, 0.2) is 5.58 Å². The van der Waals surface area contributed by atoms with Crippen LogP contribution in [0.3, 0.4) is 0 Å². The molecule has 0 amide bonds. The minimum absolute atomic E-state index is 0.00759. The van der Waals surface area contributed by atoms with E-state index in [9.17, 15) is 17.6 Å². The predicted octanol–water partition coefficient (Wildman–Crippen LogP) is 2.94. The van der Waals surface area contributed by atoms with Crippen molar-refractivity contribution in [1.82, 2.24) is 14.3 Å². The Hall–Kier alpha value is -3.50. The summed E-state index contributed by atoms with van der Waals surface area (Å²) in [5.41, 5.74) is 1.28. The maximum Gasteiger partial charge on any atom is 0.419 e. The van der Waals surface area contributed by atoms with Gasteiger partial charge in [0.25, 0.3) is 0 Å². The van der Waals surface area contributed by atoms with Gasteiger partial charge in [-0.25, -0.2) is 27.3 Å². The third-order valence-electron chi connectivity index (χ3n) is 4.36. The number of nitrogens with one attached hydrogen (secondary N) is 1. The molecule has 2 heterocycles. The van der Waals surface area contributed by atoms with E-state index >= 15 is 0 Å². The number of halogens is 1. The Morgan fingerprint density at radius 1 is 1.17 bits per heavy atom. The van der Waals surface area contributed by atoms with Gasteiger partial charge in [-0.2, -0.15) is 0 Å². The number of sulfonamides is 1. The smallest absolute Gasteiger partial charge is 0.419 e. The molecule has 4 aromatic rings. The Morgan fingerprint density at radius 3 is 2.73 bits per heavy atom. The van der Waals surface area contributed by atoms with E-state index in [4.69, 9.17) is 9.15 Å². The van der Waals surface area contributed by atoms with Gasteiger partial charge in [-0.1, -0.05) is 12.1 Å². The van der Waals surface area contributed by atoms with E-state index in [-0.39, 0.29) is 22.9 Å². The van der Waals surface area contributed by atoms with Crippen molar-refractivity contribution in [3.05, 3.63) is 82.7 Å². The van der Waals surface area contributed by atoms with Gasteiger partial charge in [-0.3, -0.25) is 4.57 Å². The maximum absolute atomic E-state index is 13.2. The van der Waals surface area contributed by atoms with E-state index in [1.807, 2.05) is 0 Å². The molecule has 0 radical (unpaired) electrons. The molecule has 0 fully saturated rings. The summed E-state index contributed by atoms with van der Waals surface area (Å²) in [7, 11) is -2.30. The molecule has 0 aliphatic rings. The molecular weight excluding hydrogens is 413 g/mol. The molecule has 0 spiro atoms. The normalized spacial score (nSPS) is 11.7. The minimum atomic E-state index is -3.84. The van der Waals surface area contributed by atoms with Crippen LogP contribution in [0.25, 0.3) is 11.1 Å². The molecule has 154 valence electrons. The fraction of sp³-hybridized carbons (Fsp3) is 0.100. The van der Waals surface area contributed by atoms with Crippen molar-refractivity contribution < 1.29 is 22.0 Å². The zero-order chi connectivity index (χ0) is 21.3. The number of rotatable bonds is 6. The van der Waals surface area contributed by atoms with Crippen LogP contribution in [0.5, 0.6) is 11.6 Å². The number of fused-ring (bicyclic) bond motifs is 1. The van der Waals surface area contributed by atoms with Crippen LogP contribution in [0.15, 0.2) is 74.9 Å². The van der Waals surface area contributed by atoms with Crippen molar-refractivity contribution in [2.45, 2.75) is 11.4 Å². The highest BCUT2D eigenvalue weighted by Gasteiger charge is 2.17. The van der Waals surface area contributed by atoms with Gasteiger partial charge in [0.05, 0.1) is 10.4 Å². The first-order valence-electron chi connectivity index (χ1n) is 8.79. The second-order valence-corrected chi connectivity index (χ2v) is 8.21. The quantitative estimate of drug-likeness (QED) is 0.506. The lowest BCUT2D eigenvalue weighted by atomic mass is 10.3. The van der Waals surface area contributed by atoms with E-state index in [1.54, 1.807) is 18.2 Å². The van der Waals surface area contributed by atoms with Gasteiger partial charge < -0.3 is 9.15 Å². The number of pyridine rings is 1. The summed E-state index contributed by atoms with van der Waals surface area (Å²) in [6.45, 7) is -0.00759. The predicted molar refractivity (Wildman–Crippen MR) is 106 cm³/mol. The zero-order valence-electron chi connectivity index (χ0n) is 15.7. The number of oxazole rings is 1. The Balaban J connectivity index is 1.45. The number of hydrogen-bond acceptors (Lipinski definition) is 6. The topological polar surface area (TPSA) is 103 Å². The average molecular weight is 429 g/mol. The molecule has 1 N–H and O–H groups in total. The molecule has 0 atom stereocenters. The van der Waals surface area contributed by atoms with E-state index in [1.165, 1.54) is 54.2 Å². The van der Waals surface area contributed by atoms with E-state index in [0.717, 1.165) is 0 Å². The lowest BCUT2D eigenvalue weighted by molar-refractivity contribution is 0.457. The summed E-state index contributed by atoms with van der Waals surface area (Å²) >= 11 is 0. The Bertz CT molecular complexity index is 1380. The monoisotopic (exact) mass is 429 g/mol. The second-order valence-electron chi connectivity index (χ2n) is 6.45. The van der Waals surface area contributed by atoms with Gasteiger partial charge >= 0.3 is 5.76 Å². The second kappa shape index (κ2) is 7.73. The zero-order valence-corrected chi connectivity index (χ0v) is 16.5. The number of hydrogen-bond donors (Lipinski definition) is 1. The first-order valence-corrected chi connectivity index (χ1v) is 10.3. The summed E-state index contributed by atoms with van der Waals surface area (Å²) in [5, 5.41) is 0. The standard InChI is InChI=1S/C20H16FN3O5S/c1-24-17-7-6-16(10-18(17)29-20(24)25)30(26,27)23-12-13-5-8-19(22-11-13)28-15-4-2-3-14(21)9-15/h2-11,23H,12H2,1H3. The highest BCUT2D eigenvalue weighted by molar-refractivity contribution is 7.89. The van der Waals surface area contributed by atoms with Crippen molar-refractivity contribution in [1.29, 1.82) is 0 Å².